The minimum absolute atomic E-state index is 0.110. The summed E-state index contributed by atoms with van der Waals surface area (Å²) in [4.78, 5) is 5.27. The zero-order valence-electron chi connectivity index (χ0n) is 54.7. The van der Waals surface area contributed by atoms with Gasteiger partial charge in [-0.1, -0.05) is 256 Å². The SMILES string of the molecule is Cc1ccc2c3c1-c1cccc4c1n(c1c5cccc6c5n(c41)B1c4ccc(C(C)(C)C)cc4N(c4cc(-c5ccccc5)cc(-c5ccccc5)c4)c4ccc(C(C)(C)C)c-6c41)B3c1ccc(C(C)(C)C)cc1N2c1cc(-c2ccccc2)cc(-c2ccccc2)c1. The molecule has 0 saturated carbocycles. The summed E-state index contributed by atoms with van der Waals surface area (Å²) in [5.74, 6) is 0. The second-order valence-corrected chi connectivity index (χ2v) is 29.7. The quantitative estimate of drug-likeness (QED) is 0.154. The third-order valence-corrected chi connectivity index (χ3v) is 21.0. The Morgan fingerprint density at radius 3 is 1.05 bits per heavy atom. The lowest BCUT2D eigenvalue weighted by molar-refractivity contribution is 0.590. The maximum atomic E-state index is 2.84. The lowest BCUT2D eigenvalue weighted by Gasteiger charge is -2.43. The van der Waals surface area contributed by atoms with Crippen LogP contribution in [0.4, 0.5) is 34.1 Å². The molecule has 2 aromatic heterocycles. The molecule has 6 heteroatoms. The van der Waals surface area contributed by atoms with E-state index >= 15 is 0 Å². The molecule has 0 aliphatic carbocycles. The fourth-order valence-electron chi connectivity index (χ4n) is 16.6. The average molecular weight is 1200 g/mol. The minimum Gasteiger partial charge on any atom is -0.374 e. The van der Waals surface area contributed by atoms with Crippen molar-refractivity contribution in [3.05, 3.63) is 277 Å². The van der Waals surface area contributed by atoms with E-state index in [1.165, 1.54) is 166 Å². The molecule has 0 spiro atoms. The number of nitrogens with zero attached hydrogens (tertiary/aromatic N) is 4. The number of benzene rings is 12. The van der Waals surface area contributed by atoms with E-state index in [1.54, 1.807) is 0 Å². The lowest BCUT2D eigenvalue weighted by Crippen LogP contribution is -2.57. The van der Waals surface area contributed by atoms with Gasteiger partial charge in [-0.05, 0) is 184 Å². The maximum absolute atomic E-state index is 2.84. The molecular weight excluding hydrogens is 1120 g/mol. The molecule has 0 N–H and O–H groups in total. The standard InChI is InChI=1S/C87H72B2N4/c1-53-37-43-73-79-77(53)66-33-23-35-68-81(66)92(88(79)71-41-38-62(85(2,3)4)51-75(71)90(73)64-47-58(54-25-15-11-16-26-54)45-59(48-64)55-27-17-12-18-28-55)84-69-36-24-34-67-78-70(87(8,9)10)40-44-74-80(78)89(93(82(67)69)83(68)84)72-42-39-63(86(5,6)7)52-76(72)91(74)65-49-60(56-29-19-13-20-30-56)46-61(50-65)57-31-21-14-22-32-57/h11-52H,1-10H3. The van der Waals surface area contributed by atoms with Gasteiger partial charge in [0, 0.05) is 67.1 Å². The molecule has 93 heavy (non-hydrogen) atoms. The number of para-hydroxylation sites is 2. The van der Waals surface area contributed by atoms with Gasteiger partial charge in [0.1, 0.15) is 0 Å². The predicted molar refractivity (Wildman–Crippen MR) is 399 cm³/mol. The Hall–Kier alpha value is -10.3. The second-order valence-electron chi connectivity index (χ2n) is 29.7. The zero-order chi connectivity index (χ0) is 63.1. The third kappa shape index (κ3) is 8.19. The van der Waals surface area contributed by atoms with Crippen molar-refractivity contribution < 1.29 is 0 Å². The average Bonchev–Trinajstić information content (AvgIpc) is 1.55. The number of rotatable bonds is 6. The number of aryl methyl sites for hydroxylation is 1. The number of anilines is 6. The van der Waals surface area contributed by atoms with Crippen LogP contribution in [-0.4, -0.2) is 22.7 Å². The first-order chi connectivity index (χ1) is 45.0. The molecule has 0 atom stereocenters. The summed E-state index contributed by atoms with van der Waals surface area (Å²) in [7, 11) is 0. The van der Waals surface area contributed by atoms with Crippen LogP contribution in [0.1, 0.15) is 84.6 Å². The van der Waals surface area contributed by atoms with Gasteiger partial charge in [-0.3, -0.25) is 0 Å². The number of hydrogen-bond donors (Lipinski definition) is 0. The number of hydrogen-bond acceptors (Lipinski definition) is 2. The summed E-state index contributed by atoms with van der Waals surface area (Å²) in [6.45, 7) is 23.4. The number of fused-ring (bicyclic) bond motifs is 13. The highest BCUT2D eigenvalue weighted by Gasteiger charge is 2.49. The molecule has 0 radical (unpaired) electrons. The summed E-state index contributed by atoms with van der Waals surface area (Å²) in [6.07, 6.45) is 0. The van der Waals surface area contributed by atoms with Crippen LogP contribution in [0.3, 0.4) is 0 Å². The van der Waals surface area contributed by atoms with Gasteiger partial charge in [0.15, 0.2) is 0 Å². The molecule has 0 amide bonds. The van der Waals surface area contributed by atoms with Crippen LogP contribution in [0.5, 0.6) is 0 Å². The molecule has 4 aliphatic rings. The maximum Gasteiger partial charge on any atom is 0.333 e. The van der Waals surface area contributed by atoms with Crippen molar-refractivity contribution in [2.75, 3.05) is 9.80 Å². The van der Waals surface area contributed by atoms with Gasteiger partial charge in [-0.2, -0.15) is 0 Å². The highest BCUT2D eigenvalue weighted by atomic mass is 15.2. The number of aromatic nitrogens is 2. The molecule has 0 fully saturated rings. The molecular formula is C87H72B2N4. The summed E-state index contributed by atoms with van der Waals surface area (Å²) >= 11 is 0. The Labute approximate surface area is 547 Å². The van der Waals surface area contributed by atoms with Crippen molar-refractivity contribution in [3.63, 3.8) is 0 Å². The van der Waals surface area contributed by atoms with Crippen LogP contribution in [0, 0.1) is 6.92 Å². The van der Waals surface area contributed by atoms with Crippen LogP contribution in [-0.2, 0) is 16.2 Å². The smallest absolute Gasteiger partial charge is 0.333 e. The first kappa shape index (κ1) is 55.5. The zero-order valence-corrected chi connectivity index (χ0v) is 54.7. The van der Waals surface area contributed by atoms with Gasteiger partial charge in [-0.15, -0.1) is 0 Å². The van der Waals surface area contributed by atoms with E-state index in [1.807, 2.05) is 0 Å². The summed E-state index contributed by atoms with van der Waals surface area (Å²) in [6, 6.07) is 97.5. The van der Waals surface area contributed by atoms with E-state index in [2.05, 4.69) is 343 Å². The van der Waals surface area contributed by atoms with Crippen molar-refractivity contribution in [3.8, 4) is 66.8 Å². The molecule has 18 rings (SSSR count). The molecule has 0 saturated heterocycles. The highest BCUT2D eigenvalue weighted by molar-refractivity contribution is 6.92. The summed E-state index contributed by atoms with van der Waals surface area (Å²) in [5.41, 5.74) is 37.3. The van der Waals surface area contributed by atoms with Crippen molar-refractivity contribution >= 4 is 103 Å². The monoisotopic (exact) mass is 1190 g/mol. The van der Waals surface area contributed by atoms with Crippen molar-refractivity contribution in [1.82, 2.24) is 8.96 Å². The molecule has 14 aromatic rings. The fraction of sp³-hybridized carbons (Fsp3) is 0.149. The molecule has 12 aromatic carbocycles. The Bertz CT molecular complexity index is 5350. The third-order valence-electron chi connectivity index (χ3n) is 21.0. The van der Waals surface area contributed by atoms with E-state index in [0.717, 1.165) is 11.4 Å². The molecule has 0 unspecified atom stereocenters. The van der Waals surface area contributed by atoms with Crippen LogP contribution >= 0.6 is 0 Å². The largest absolute Gasteiger partial charge is 0.374 e. The van der Waals surface area contributed by atoms with Gasteiger partial charge >= 0.3 is 13.7 Å². The second kappa shape index (κ2) is 19.9. The van der Waals surface area contributed by atoms with Crippen LogP contribution < -0.4 is 31.7 Å². The normalized spacial score (nSPS) is 13.6. The van der Waals surface area contributed by atoms with Crippen molar-refractivity contribution in [1.29, 1.82) is 0 Å². The molecule has 446 valence electrons. The minimum atomic E-state index is -0.179. The molecule has 4 aliphatic heterocycles. The molecule has 4 nitrogen and oxygen atoms in total. The Balaban J connectivity index is 0.942. The lowest BCUT2D eigenvalue weighted by atomic mass is 9.44. The van der Waals surface area contributed by atoms with Gasteiger partial charge in [-0.25, -0.2) is 0 Å². The van der Waals surface area contributed by atoms with Crippen molar-refractivity contribution in [2.24, 2.45) is 0 Å². The Kier molecular flexibility index (Phi) is 11.9. The van der Waals surface area contributed by atoms with Gasteiger partial charge in [0.25, 0.3) is 0 Å². The van der Waals surface area contributed by atoms with Gasteiger partial charge in [0.2, 0.25) is 0 Å². The van der Waals surface area contributed by atoms with E-state index < -0.39 is 0 Å². The first-order valence-electron chi connectivity index (χ1n) is 33.3. The fourth-order valence-corrected chi connectivity index (χ4v) is 16.6. The summed E-state index contributed by atoms with van der Waals surface area (Å²) < 4.78 is 5.67. The summed E-state index contributed by atoms with van der Waals surface area (Å²) in [5, 5.41) is 2.57. The predicted octanol–water partition coefficient (Wildman–Crippen LogP) is 20.5. The van der Waals surface area contributed by atoms with Gasteiger partial charge in [0.05, 0.1) is 11.0 Å². The van der Waals surface area contributed by atoms with E-state index in [4.69, 9.17) is 0 Å². The van der Waals surface area contributed by atoms with Crippen molar-refractivity contribution in [2.45, 2.75) is 85.5 Å². The van der Waals surface area contributed by atoms with E-state index in [-0.39, 0.29) is 29.9 Å². The molecule has 6 heterocycles. The van der Waals surface area contributed by atoms with E-state index in [0.29, 0.717) is 0 Å². The van der Waals surface area contributed by atoms with Crippen LogP contribution in [0.25, 0.3) is 99.6 Å². The highest BCUT2D eigenvalue weighted by Crippen LogP contribution is 2.54. The Morgan fingerprint density at radius 2 is 0.667 bits per heavy atom. The van der Waals surface area contributed by atoms with Gasteiger partial charge < -0.3 is 18.8 Å². The van der Waals surface area contributed by atoms with E-state index in [9.17, 15) is 0 Å². The van der Waals surface area contributed by atoms with Crippen LogP contribution in [0.15, 0.2) is 255 Å². The first-order valence-corrected chi connectivity index (χ1v) is 33.3. The van der Waals surface area contributed by atoms with Crippen LogP contribution in [0.2, 0.25) is 0 Å². The molecule has 0 bridgehead atoms. The topological polar surface area (TPSA) is 16.3 Å². The Morgan fingerprint density at radius 1 is 0.290 bits per heavy atom.